The highest BCUT2D eigenvalue weighted by Crippen LogP contribution is 2.25. The van der Waals surface area contributed by atoms with Crippen LogP contribution in [0.15, 0.2) is 18.2 Å². The molecule has 0 amide bonds. The van der Waals surface area contributed by atoms with Gasteiger partial charge in [0.1, 0.15) is 0 Å². The Bertz CT molecular complexity index is 598. The number of anilines is 1. The lowest BCUT2D eigenvalue weighted by molar-refractivity contribution is 0.369. The maximum atomic E-state index is 13.7. The number of ether oxygens (including phenoxy) is 1. The Labute approximate surface area is 116 Å². The highest BCUT2D eigenvalue weighted by Gasteiger charge is 2.14. The Hall–Kier alpha value is -1.75. The van der Waals surface area contributed by atoms with Gasteiger partial charge in [-0.05, 0) is 19.1 Å². The summed E-state index contributed by atoms with van der Waals surface area (Å²) in [5, 5.41) is 7.37. The van der Waals surface area contributed by atoms with Gasteiger partial charge in [-0.15, -0.1) is 0 Å². The number of benzene rings is 1. The second kappa shape index (κ2) is 5.48. The zero-order valence-electron chi connectivity index (χ0n) is 11.0. The van der Waals surface area contributed by atoms with Crippen molar-refractivity contribution < 1.29 is 9.13 Å². The van der Waals surface area contributed by atoms with Crippen molar-refractivity contribution in [3.8, 4) is 5.88 Å². The van der Waals surface area contributed by atoms with Crippen LogP contribution >= 0.6 is 11.6 Å². The minimum Gasteiger partial charge on any atom is -0.481 e. The van der Waals surface area contributed by atoms with Gasteiger partial charge in [-0.3, -0.25) is 0 Å². The van der Waals surface area contributed by atoms with Crippen molar-refractivity contribution >= 4 is 17.3 Å². The molecule has 6 heteroatoms. The molecule has 2 rings (SSSR count). The SMILES string of the molecule is COc1c(CNc2cccc(Cl)c2F)c(C)nn1C. The molecule has 19 heavy (non-hydrogen) atoms. The monoisotopic (exact) mass is 283 g/mol. The second-order valence-electron chi connectivity index (χ2n) is 4.15. The molecule has 2 aromatic rings. The lowest BCUT2D eigenvalue weighted by atomic mass is 10.2. The number of halogens is 2. The summed E-state index contributed by atoms with van der Waals surface area (Å²) in [6.45, 7) is 2.30. The van der Waals surface area contributed by atoms with Crippen molar-refractivity contribution in [3.63, 3.8) is 0 Å². The van der Waals surface area contributed by atoms with E-state index >= 15 is 0 Å². The molecule has 0 saturated heterocycles. The topological polar surface area (TPSA) is 39.1 Å². The molecule has 0 atom stereocenters. The smallest absolute Gasteiger partial charge is 0.216 e. The van der Waals surface area contributed by atoms with Crippen molar-refractivity contribution in [3.05, 3.63) is 40.3 Å². The lowest BCUT2D eigenvalue weighted by Crippen LogP contribution is -2.04. The number of methoxy groups -OCH3 is 1. The Morgan fingerprint density at radius 2 is 2.21 bits per heavy atom. The van der Waals surface area contributed by atoms with E-state index in [1.54, 1.807) is 31.0 Å². The van der Waals surface area contributed by atoms with Crippen LogP contribution in [0.25, 0.3) is 0 Å². The van der Waals surface area contributed by atoms with E-state index in [9.17, 15) is 4.39 Å². The minimum absolute atomic E-state index is 0.0971. The molecular weight excluding hydrogens is 269 g/mol. The fourth-order valence-electron chi connectivity index (χ4n) is 1.96. The molecular formula is C13H15ClFN3O. The van der Waals surface area contributed by atoms with Gasteiger partial charge in [0.25, 0.3) is 0 Å². The maximum Gasteiger partial charge on any atom is 0.216 e. The minimum atomic E-state index is -0.454. The molecule has 1 heterocycles. The fraction of sp³-hybridized carbons (Fsp3) is 0.308. The van der Waals surface area contributed by atoms with Crippen LogP contribution in [0, 0.1) is 12.7 Å². The van der Waals surface area contributed by atoms with E-state index in [4.69, 9.17) is 16.3 Å². The van der Waals surface area contributed by atoms with Crippen LogP contribution in [-0.4, -0.2) is 16.9 Å². The number of rotatable bonds is 4. The lowest BCUT2D eigenvalue weighted by Gasteiger charge is -2.09. The van der Waals surface area contributed by atoms with E-state index in [0.29, 0.717) is 18.1 Å². The molecule has 0 aliphatic carbocycles. The number of aromatic nitrogens is 2. The summed E-state index contributed by atoms with van der Waals surface area (Å²) in [5.41, 5.74) is 2.09. The highest BCUT2D eigenvalue weighted by atomic mass is 35.5. The first-order valence-corrected chi connectivity index (χ1v) is 6.16. The fourth-order valence-corrected chi connectivity index (χ4v) is 2.14. The van der Waals surface area contributed by atoms with E-state index in [1.165, 1.54) is 6.07 Å². The second-order valence-corrected chi connectivity index (χ2v) is 4.56. The molecule has 0 fully saturated rings. The van der Waals surface area contributed by atoms with Gasteiger partial charge in [-0.25, -0.2) is 9.07 Å². The van der Waals surface area contributed by atoms with Crippen molar-refractivity contribution in [2.24, 2.45) is 7.05 Å². The quantitative estimate of drug-likeness (QED) is 0.937. The molecule has 0 spiro atoms. The van der Waals surface area contributed by atoms with E-state index < -0.39 is 5.82 Å². The summed E-state index contributed by atoms with van der Waals surface area (Å²) in [7, 11) is 3.38. The van der Waals surface area contributed by atoms with Gasteiger partial charge >= 0.3 is 0 Å². The molecule has 0 aliphatic rings. The summed E-state index contributed by atoms with van der Waals surface area (Å²) < 4.78 is 20.7. The molecule has 0 bridgehead atoms. The van der Waals surface area contributed by atoms with Gasteiger partial charge in [0.05, 0.1) is 29.1 Å². The summed E-state index contributed by atoms with van der Waals surface area (Å²) in [5.74, 6) is 0.206. The first-order chi connectivity index (χ1) is 9.04. The van der Waals surface area contributed by atoms with Crippen molar-refractivity contribution in [1.82, 2.24) is 9.78 Å². The predicted molar refractivity (Wildman–Crippen MR) is 73.2 cm³/mol. The summed E-state index contributed by atoms with van der Waals surface area (Å²) in [6, 6.07) is 4.85. The van der Waals surface area contributed by atoms with Crippen molar-refractivity contribution in [2.45, 2.75) is 13.5 Å². The molecule has 1 aromatic heterocycles. The third kappa shape index (κ3) is 2.66. The Kier molecular flexibility index (Phi) is 3.95. The molecule has 0 unspecified atom stereocenters. The Balaban J connectivity index is 2.21. The van der Waals surface area contributed by atoms with Gasteiger partial charge < -0.3 is 10.1 Å². The third-order valence-corrected chi connectivity index (χ3v) is 3.18. The first kappa shape index (κ1) is 13.7. The average molecular weight is 284 g/mol. The standard InChI is InChI=1S/C13H15ClFN3O/c1-8-9(13(19-3)18(2)17-8)7-16-11-6-4-5-10(14)12(11)15/h4-6,16H,7H2,1-3H3. The van der Waals surface area contributed by atoms with Crippen LogP contribution in [0.3, 0.4) is 0 Å². The first-order valence-electron chi connectivity index (χ1n) is 5.79. The normalized spacial score (nSPS) is 10.6. The van der Waals surface area contributed by atoms with Crippen molar-refractivity contribution in [2.75, 3.05) is 12.4 Å². The van der Waals surface area contributed by atoms with Crippen LogP contribution in [0.1, 0.15) is 11.3 Å². The molecule has 0 radical (unpaired) electrons. The maximum absolute atomic E-state index is 13.7. The van der Waals surface area contributed by atoms with E-state index in [1.807, 2.05) is 6.92 Å². The summed E-state index contributed by atoms with van der Waals surface area (Å²) >= 11 is 5.73. The summed E-state index contributed by atoms with van der Waals surface area (Å²) in [4.78, 5) is 0. The molecule has 1 aromatic carbocycles. The van der Waals surface area contributed by atoms with Gasteiger partial charge in [0, 0.05) is 13.6 Å². The zero-order chi connectivity index (χ0) is 14.0. The average Bonchev–Trinajstić information content (AvgIpc) is 2.65. The van der Waals surface area contributed by atoms with Crippen LogP contribution in [0.4, 0.5) is 10.1 Å². The van der Waals surface area contributed by atoms with Gasteiger partial charge in [-0.2, -0.15) is 5.10 Å². The van der Waals surface area contributed by atoms with E-state index in [-0.39, 0.29) is 5.02 Å². The largest absolute Gasteiger partial charge is 0.481 e. The highest BCUT2D eigenvalue weighted by molar-refractivity contribution is 6.31. The molecule has 1 N–H and O–H groups in total. The number of hydrogen-bond donors (Lipinski definition) is 1. The number of hydrogen-bond acceptors (Lipinski definition) is 3. The molecule has 4 nitrogen and oxygen atoms in total. The Morgan fingerprint density at radius 1 is 1.47 bits per heavy atom. The number of aryl methyl sites for hydroxylation is 2. The Morgan fingerprint density at radius 3 is 2.89 bits per heavy atom. The van der Waals surface area contributed by atoms with Gasteiger partial charge in [0.15, 0.2) is 5.82 Å². The van der Waals surface area contributed by atoms with E-state index in [0.717, 1.165) is 11.3 Å². The molecule has 102 valence electrons. The van der Waals surface area contributed by atoms with Crippen molar-refractivity contribution in [1.29, 1.82) is 0 Å². The predicted octanol–water partition coefficient (Wildman–Crippen LogP) is 3.14. The van der Waals surface area contributed by atoms with Crippen LogP contribution < -0.4 is 10.1 Å². The van der Waals surface area contributed by atoms with Crippen LogP contribution in [0.5, 0.6) is 5.88 Å². The summed E-state index contributed by atoms with van der Waals surface area (Å²) in [6.07, 6.45) is 0. The number of nitrogens with one attached hydrogen (secondary N) is 1. The van der Waals surface area contributed by atoms with Crippen LogP contribution in [0.2, 0.25) is 5.02 Å². The number of nitrogens with zero attached hydrogens (tertiary/aromatic N) is 2. The molecule has 0 saturated carbocycles. The molecule has 0 aliphatic heterocycles. The van der Waals surface area contributed by atoms with E-state index in [2.05, 4.69) is 10.4 Å². The van der Waals surface area contributed by atoms with Gasteiger partial charge in [-0.1, -0.05) is 17.7 Å². The van der Waals surface area contributed by atoms with Crippen LogP contribution in [-0.2, 0) is 13.6 Å². The van der Waals surface area contributed by atoms with Gasteiger partial charge in [0.2, 0.25) is 5.88 Å². The zero-order valence-corrected chi connectivity index (χ0v) is 11.8. The third-order valence-electron chi connectivity index (χ3n) is 2.89.